The third-order valence-electron chi connectivity index (χ3n) is 4.69. The summed E-state index contributed by atoms with van der Waals surface area (Å²) in [6, 6.07) is 8.52. The Morgan fingerprint density at radius 2 is 2.12 bits per heavy atom. The largest absolute Gasteiger partial charge is 0.384 e. The first-order chi connectivity index (χ1) is 11.7. The molecule has 2 aromatic heterocycles. The van der Waals surface area contributed by atoms with Crippen LogP contribution in [0.4, 0.5) is 5.69 Å². The second-order valence-corrected chi connectivity index (χ2v) is 7.34. The van der Waals surface area contributed by atoms with Crippen molar-refractivity contribution >= 4 is 28.4 Å². The summed E-state index contributed by atoms with van der Waals surface area (Å²) >= 11 is 1.73. The van der Waals surface area contributed by atoms with Gasteiger partial charge in [0, 0.05) is 53.1 Å². The Balaban J connectivity index is 1.89. The third-order valence-corrected chi connectivity index (χ3v) is 5.41. The number of H-pyrrole nitrogens is 1. The topological polar surface area (TPSA) is 49.8 Å². The van der Waals surface area contributed by atoms with E-state index in [-0.39, 0.29) is 5.56 Å². The number of anilines is 1. The molecule has 3 aromatic rings. The van der Waals surface area contributed by atoms with Gasteiger partial charge in [-0.2, -0.15) is 0 Å². The molecular formula is C19H21N3OS. The van der Waals surface area contributed by atoms with E-state index in [1.807, 2.05) is 25.5 Å². The molecule has 0 saturated heterocycles. The Labute approximate surface area is 145 Å². The fourth-order valence-corrected chi connectivity index (χ4v) is 3.53. The van der Waals surface area contributed by atoms with Gasteiger partial charge in [0.2, 0.25) is 0 Å². The number of benzene rings is 1. The number of aryl methyl sites for hydroxylation is 1. The van der Waals surface area contributed by atoms with E-state index >= 15 is 0 Å². The Morgan fingerprint density at radius 3 is 2.88 bits per heavy atom. The zero-order chi connectivity index (χ0) is 16.7. The van der Waals surface area contributed by atoms with Crippen LogP contribution in [0.25, 0.3) is 22.0 Å². The number of aromatic amines is 1. The molecule has 2 heterocycles. The van der Waals surface area contributed by atoms with E-state index in [0.29, 0.717) is 5.52 Å². The van der Waals surface area contributed by atoms with Crippen molar-refractivity contribution in [1.29, 1.82) is 0 Å². The highest BCUT2D eigenvalue weighted by molar-refractivity contribution is 7.98. The van der Waals surface area contributed by atoms with Crippen LogP contribution in [0.1, 0.15) is 12.8 Å². The smallest absolute Gasteiger partial charge is 0.274 e. The van der Waals surface area contributed by atoms with Gasteiger partial charge in [0.05, 0.1) is 0 Å². The number of fused-ring (bicyclic) bond motifs is 1. The van der Waals surface area contributed by atoms with Crippen molar-refractivity contribution in [3.8, 4) is 11.1 Å². The van der Waals surface area contributed by atoms with E-state index in [1.165, 1.54) is 17.7 Å². The van der Waals surface area contributed by atoms with Gasteiger partial charge in [-0.05, 0) is 49.3 Å². The quantitative estimate of drug-likeness (QED) is 0.689. The lowest BCUT2D eigenvalue weighted by Gasteiger charge is -2.15. The molecule has 0 radical (unpaired) electrons. The summed E-state index contributed by atoms with van der Waals surface area (Å²) in [5.41, 5.74) is 4.05. The Kier molecular flexibility index (Phi) is 3.88. The standard InChI is InChI=1S/C19H21N3OS/c1-22-11-16(14-7-8-20-18(14)19(22)23)15-9-13(24-2)5-6-17(15)21-10-12-3-4-12/h5-9,11-12,20-21H,3-4,10H2,1-2H3. The lowest BCUT2D eigenvalue weighted by Crippen LogP contribution is -2.16. The molecule has 4 nitrogen and oxygen atoms in total. The number of rotatable bonds is 5. The molecule has 0 unspecified atom stereocenters. The third kappa shape index (κ3) is 2.73. The molecule has 5 heteroatoms. The lowest BCUT2D eigenvalue weighted by atomic mass is 10.0. The number of pyridine rings is 1. The van der Waals surface area contributed by atoms with Crippen LogP contribution in [0.2, 0.25) is 0 Å². The van der Waals surface area contributed by atoms with Crippen molar-refractivity contribution in [3.63, 3.8) is 0 Å². The molecule has 1 aliphatic rings. The highest BCUT2D eigenvalue weighted by Gasteiger charge is 2.21. The molecule has 124 valence electrons. The molecule has 0 amide bonds. The van der Waals surface area contributed by atoms with Gasteiger partial charge >= 0.3 is 0 Å². The minimum atomic E-state index is 0.00672. The summed E-state index contributed by atoms with van der Waals surface area (Å²) in [4.78, 5) is 16.6. The number of hydrogen-bond donors (Lipinski definition) is 2. The van der Waals surface area contributed by atoms with E-state index < -0.39 is 0 Å². The van der Waals surface area contributed by atoms with Crippen molar-refractivity contribution in [1.82, 2.24) is 9.55 Å². The fraction of sp³-hybridized carbons (Fsp3) is 0.316. The summed E-state index contributed by atoms with van der Waals surface area (Å²) in [5.74, 6) is 0.811. The minimum absolute atomic E-state index is 0.00672. The molecule has 1 saturated carbocycles. The van der Waals surface area contributed by atoms with Gasteiger partial charge in [-0.15, -0.1) is 11.8 Å². The molecule has 1 aliphatic carbocycles. The minimum Gasteiger partial charge on any atom is -0.384 e. The predicted molar refractivity (Wildman–Crippen MR) is 102 cm³/mol. The van der Waals surface area contributed by atoms with E-state index in [1.54, 1.807) is 16.3 Å². The van der Waals surface area contributed by atoms with Crippen molar-refractivity contribution in [2.75, 3.05) is 18.1 Å². The van der Waals surface area contributed by atoms with Gasteiger partial charge in [0.1, 0.15) is 5.52 Å². The zero-order valence-corrected chi connectivity index (χ0v) is 14.7. The van der Waals surface area contributed by atoms with Crippen LogP contribution < -0.4 is 10.9 Å². The normalized spacial score (nSPS) is 14.2. The summed E-state index contributed by atoms with van der Waals surface area (Å²) in [7, 11) is 1.81. The monoisotopic (exact) mass is 339 g/mol. The number of nitrogens with zero attached hydrogens (tertiary/aromatic N) is 1. The number of hydrogen-bond acceptors (Lipinski definition) is 3. The van der Waals surface area contributed by atoms with E-state index in [0.717, 1.165) is 34.7 Å². The lowest BCUT2D eigenvalue weighted by molar-refractivity contribution is 0.871. The number of thioether (sulfide) groups is 1. The van der Waals surface area contributed by atoms with E-state index in [9.17, 15) is 4.79 Å². The molecule has 0 aliphatic heterocycles. The summed E-state index contributed by atoms with van der Waals surface area (Å²) < 4.78 is 1.66. The first-order valence-electron chi connectivity index (χ1n) is 8.26. The van der Waals surface area contributed by atoms with Crippen LogP contribution in [-0.4, -0.2) is 22.4 Å². The van der Waals surface area contributed by atoms with Crippen molar-refractivity contribution in [3.05, 3.63) is 47.0 Å². The Morgan fingerprint density at radius 1 is 1.29 bits per heavy atom. The maximum atomic E-state index is 12.3. The second kappa shape index (κ2) is 6.06. The molecule has 0 bridgehead atoms. The van der Waals surface area contributed by atoms with E-state index in [2.05, 4.69) is 34.8 Å². The zero-order valence-electron chi connectivity index (χ0n) is 13.9. The maximum Gasteiger partial charge on any atom is 0.274 e. The average molecular weight is 339 g/mol. The van der Waals surface area contributed by atoms with Crippen LogP contribution >= 0.6 is 11.8 Å². The SMILES string of the molecule is CSc1ccc(NCC2CC2)c(-c2cn(C)c(=O)c3[nH]ccc23)c1. The fourth-order valence-electron chi connectivity index (χ4n) is 3.09. The van der Waals surface area contributed by atoms with Gasteiger partial charge in [0.15, 0.2) is 0 Å². The summed E-state index contributed by atoms with van der Waals surface area (Å²) in [6.45, 7) is 1.02. The molecule has 24 heavy (non-hydrogen) atoms. The molecule has 0 spiro atoms. The maximum absolute atomic E-state index is 12.3. The van der Waals surface area contributed by atoms with Crippen molar-refractivity contribution < 1.29 is 0 Å². The molecule has 0 atom stereocenters. The van der Waals surface area contributed by atoms with Crippen molar-refractivity contribution in [2.45, 2.75) is 17.7 Å². The average Bonchev–Trinajstić information content (AvgIpc) is 3.30. The van der Waals surface area contributed by atoms with Gasteiger partial charge in [-0.3, -0.25) is 4.79 Å². The molecule has 2 N–H and O–H groups in total. The van der Waals surface area contributed by atoms with Crippen LogP contribution in [-0.2, 0) is 7.05 Å². The highest BCUT2D eigenvalue weighted by Crippen LogP contribution is 2.36. The summed E-state index contributed by atoms with van der Waals surface area (Å²) in [5, 5.41) is 4.59. The number of nitrogens with one attached hydrogen (secondary N) is 2. The van der Waals surface area contributed by atoms with Crippen LogP contribution in [0.15, 0.2) is 46.3 Å². The molecule has 1 aromatic carbocycles. The summed E-state index contributed by atoms with van der Waals surface area (Å²) in [6.07, 6.45) is 8.52. The van der Waals surface area contributed by atoms with Gasteiger partial charge < -0.3 is 14.9 Å². The first-order valence-corrected chi connectivity index (χ1v) is 9.49. The van der Waals surface area contributed by atoms with Gasteiger partial charge in [0.25, 0.3) is 5.56 Å². The first kappa shape index (κ1) is 15.4. The van der Waals surface area contributed by atoms with E-state index in [4.69, 9.17) is 0 Å². The van der Waals surface area contributed by atoms with Crippen LogP contribution in [0.3, 0.4) is 0 Å². The molecular weight excluding hydrogens is 318 g/mol. The molecule has 1 fully saturated rings. The van der Waals surface area contributed by atoms with Crippen molar-refractivity contribution in [2.24, 2.45) is 13.0 Å². The molecule has 4 rings (SSSR count). The predicted octanol–water partition coefficient (Wildman–Crippen LogP) is 4.08. The van der Waals surface area contributed by atoms with Crippen LogP contribution in [0, 0.1) is 5.92 Å². The highest BCUT2D eigenvalue weighted by atomic mass is 32.2. The van der Waals surface area contributed by atoms with Gasteiger partial charge in [-0.25, -0.2) is 0 Å². The number of aromatic nitrogens is 2. The second-order valence-electron chi connectivity index (χ2n) is 6.46. The van der Waals surface area contributed by atoms with Crippen LogP contribution in [0.5, 0.6) is 0 Å². The Hall–Kier alpha value is -2.14. The van der Waals surface area contributed by atoms with Gasteiger partial charge in [-0.1, -0.05) is 0 Å². The Bertz CT molecular complexity index is 953.